The van der Waals surface area contributed by atoms with Crippen LogP contribution in [-0.4, -0.2) is 36.4 Å². The van der Waals surface area contributed by atoms with Crippen LogP contribution in [0.25, 0.3) is 0 Å². The third-order valence-corrected chi connectivity index (χ3v) is 5.33. The largest absolute Gasteiger partial charge is 0.480 e. The van der Waals surface area contributed by atoms with E-state index >= 15 is 0 Å². The molecule has 0 aromatic heterocycles. The number of carboxylic acids is 1. The summed E-state index contributed by atoms with van der Waals surface area (Å²) in [5.41, 5.74) is -0.795. The van der Waals surface area contributed by atoms with Gasteiger partial charge in [-0.2, -0.15) is 4.31 Å². The van der Waals surface area contributed by atoms with E-state index in [1.165, 1.54) is 0 Å². The van der Waals surface area contributed by atoms with Gasteiger partial charge in [0.25, 0.3) is 0 Å². The SMILES string of the molecule is O=C(O)C1CCCCN1S(=O)(=O)Cc1c(F)cc(F)cc1F. The fraction of sp³-hybridized carbons (Fsp3) is 0.462. The highest BCUT2D eigenvalue weighted by Gasteiger charge is 2.37. The summed E-state index contributed by atoms with van der Waals surface area (Å²) in [5, 5.41) is 9.08. The highest BCUT2D eigenvalue weighted by atomic mass is 32.2. The van der Waals surface area contributed by atoms with Crippen LogP contribution in [0.15, 0.2) is 12.1 Å². The lowest BCUT2D eigenvalue weighted by atomic mass is 10.1. The van der Waals surface area contributed by atoms with E-state index in [1.54, 1.807) is 0 Å². The molecule has 1 aromatic carbocycles. The summed E-state index contributed by atoms with van der Waals surface area (Å²) in [7, 11) is -4.24. The topological polar surface area (TPSA) is 74.7 Å². The summed E-state index contributed by atoms with van der Waals surface area (Å²) in [6.45, 7) is -0.0241. The first-order valence-electron chi connectivity index (χ1n) is 6.58. The van der Waals surface area contributed by atoms with E-state index in [0.29, 0.717) is 25.0 Å². The molecule has 0 radical (unpaired) electrons. The van der Waals surface area contributed by atoms with Crippen LogP contribution in [-0.2, 0) is 20.6 Å². The molecular formula is C13H14F3NO4S. The van der Waals surface area contributed by atoms with Crippen LogP contribution in [0.2, 0.25) is 0 Å². The second-order valence-corrected chi connectivity index (χ2v) is 6.99. The van der Waals surface area contributed by atoms with Crippen LogP contribution in [0.3, 0.4) is 0 Å². The molecule has 1 aromatic rings. The van der Waals surface area contributed by atoms with Gasteiger partial charge in [0.15, 0.2) is 0 Å². The molecule has 1 heterocycles. The normalized spacial score (nSPS) is 20.0. The molecule has 9 heteroatoms. The Morgan fingerprint density at radius 1 is 1.23 bits per heavy atom. The summed E-state index contributed by atoms with van der Waals surface area (Å²) in [4.78, 5) is 11.1. The minimum atomic E-state index is -4.24. The Morgan fingerprint density at radius 2 is 1.82 bits per heavy atom. The zero-order valence-electron chi connectivity index (χ0n) is 11.4. The first kappa shape index (κ1) is 16.8. The second-order valence-electron chi connectivity index (χ2n) is 5.06. The molecule has 1 atom stereocenters. The molecule has 5 nitrogen and oxygen atoms in total. The van der Waals surface area contributed by atoms with Crippen LogP contribution < -0.4 is 0 Å². The van der Waals surface area contributed by atoms with E-state index in [-0.39, 0.29) is 13.0 Å². The van der Waals surface area contributed by atoms with Crippen molar-refractivity contribution in [3.05, 3.63) is 35.1 Å². The number of hydrogen-bond donors (Lipinski definition) is 1. The number of hydrogen-bond acceptors (Lipinski definition) is 3. The number of piperidine rings is 1. The minimum absolute atomic E-state index is 0.0241. The number of carboxylic acid groups (broad SMARTS) is 1. The van der Waals surface area contributed by atoms with Gasteiger partial charge in [-0.05, 0) is 19.3 Å². The van der Waals surface area contributed by atoms with Crippen molar-refractivity contribution in [2.45, 2.75) is 31.1 Å². The predicted molar refractivity (Wildman–Crippen MR) is 70.9 cm³/mol. The Bertz CT molecular complexity index is 670. The summed E-state index contributed by atoms with van der Waals surface area (Å²) < 4.78 is 65.4. The molecule has 22 heavy (non-hydrogen) atoms. The van der Waals surface area contributed by atoms with Gasteiger partial charge in [0, 0.05) is 24.2 Å². The average molecular weight is 337 g/mol. The number of carbonyl (C=O) groups is 1. The molecule has 1 unspecified atom stereocenters. The second kappa shape index (κ2) is 6.25. The number of sulfonamides is 1. The summed E-state index contributed by atoms with van der Waals surface area (Å²) in [5.74, 6) is -6.13. The zero-order chi connectivity index (χ0) is 16.5. The maximum Gasteiger partial charge on any atom is 0.322 e. The molecule has 122 valence electrons. The Morgan fingerprint density at radius 3 is 2.36 bits per heavy atom. The van der Waals surface area contributed by atoms with Crippen molar-refractivity contribution in [2.24, 2.45) is 0 Å². The molecule has 1 fully saturated rings. The van der Waals surface area contributed by atoms with Crippen molar-refractivity contribution >= 4 is 16.0 Å². The Hall–Kier alpha value is -1.61. The van der Waals surface area contributed by atoms with Gasteiger partial charge in [0.2, 0.25) is 10.0 Å². The summed E-state index contributed by atoms with van der Waals surface area (Å²) >= 11 is 0. The average Bonchev–Trinajstić information content (AvgIpc) is 2.43. The zero-order valence-corrected chi connectivity index (χ0v) is 12.2. The molecule has 0 spiro atoms. The lowest BCUT2D eigenvalue weighted by molar-refractivity contribution is -0.142. The number of nitrogens with zero attached hydrogens (tertiary/aromatic N) is 1. The summed E-state index contributed by atoms with van der Waals surface area (Å²) in [6, 6.07) is -0.470. The fourth-order valence-corrected chi connectivity index (χ4v) is 4.26. The lowest BCUT2D eigenvalue weighted by Gasteiger charge is -2.31. The Kier molecular flexibility index (Phi) is 4.76. The number of halogens is 3. The van der Waals surface area contributed by atoms with Crippen LogP contribution in [0.5, 0.6) is 0 Å². The number of rotatable bonds is 4. The quantitative estimate of drug-likeness (QED) is 0.910. The lowest BCUT2D eigenvalue weighted by Crippen LogP contribution is -2.48. The first-order valence-corrected chi connectivity index (χ1v) is 8.19. The maximum atomic E-state index is 13.6. The summed E-state index contributed by atoms with van der Waals surface area (Å²) in [6.07, 6.45) is 1.17. The van der Waals surface area contributed by atoms with Crippen molar-refractivity contribution in [3.63, 3.8) is 0 Å². The number of benzene rings is 1. The molecular weight excluding hydrogens is 323 g/mol. The fourth-order valence-electron chi connectivity index (χ4n) is 2.46. The van der Waals surface area contributed by atoms with E-state index in [0.717, 1.165) is 4.31 Å². The van der Waals surface area contributed by atoms with Gasteiger partial charge >= 0.3 is 5.97 Å². The van der Waals surface area contributed by atoms with Crippen LogP contribution >= 0.6 is 0 Å². The highest BCUT2D eigenvalue weighted by Crippen LogP contribution is 2.25. The molecule has 1 saturated heterocycles. The molecule has 2 rings (SSSR count). The van der Waals surface area contributed by atoms with E-state index in [9.17, 15) is 26.4 Å². The highest BCUT2D eigenvalue weighted by molar-refractivity contribution is 7.88. The van der Waals surface area contributed by atoms with Gasteiger partial charge < -0.3 is 5.11 Å². The van der Waals surface area contributed by atoms with Gasteiger partial charge in [0.05, 0.1) is 5.75 Å². The Labute approximate surface area is 125 Å². The van der Waals surface area contributed by atoms with E-state index in [4.69, 9.17) is 5.11 Å². The van der Waals surface area contributed by atoms with Crippen molar-refractivity contribution in [1.82, 2.24) is 4.31 Å². The molecule has 0 amide bonds. The smallest absolute Gasteiger partial charge is 0.322 e. The van der Waals surface area contributed by atoms with Gasteiger partial charge in [-0.1, -0.05) is 0 Å². The van der Waals surface area contributed by atoms with E-state index in [2.05, 4.69) is 0 Å². The standard InChI is InChI=1S/C13H14F3NO4S/c14-8-5-10(15)9(11(16)6-8)7-22(20,21)17-4-2-1-3-12(17)13(18)19/h5-6,12H,1-4,7H2,(H,18,19). The van der Waals surface area contributed by atoms with Gasteiger partial charge in [-0.3, -0.25) is 4.79 Å². The Balaban J connectivity index is 2.33. The van der Waals surface area contributed by atoms with Crippen molar-refractivity contribution in [3.8, 4) is 0 Å². The molecule has 0 aliphatic carbocycles. The van der Waals surface area contributed by atoms with Crippen molar-refractivity contribution in [1.29, 1.82) is 0 Å². The van der Waals surface area contributed by atoms with Crippen LogP contribution in [0.1, 0.15) is 24.8 Å². The molecule has 0 bridgehead atoms. The van der Waals surface area contributed by atoms with Gasteiger partial charge in [-0.25, -0.2) is 21.6 Å². The van der Waals surface area contributed by atoms with Crippen molar-refractivity contribution < 1.29 is 31.5 Å². The maximum absolute atomic E-state index is 13.6. The first-order chi connectivity index (χ1) is 10.2. The van der Waals surface area contributed by atoms with E-state index < -0.39 is 50.8 Å². The van der Waals surface area contributed by atoms with Gasteiger partial charge in [0.1, 0.15) is 23.5 Å². The number of aliphatic carboxylic acids is 1. The van der Waals surface area contributed by atoms with Crippen LogP contribution in [0.4, 0.5) is 13.2 Å². The third kappa shape index (κ3) is 3.41. The predicted octanol–water partition coefficient (Wildman–Crippen LogP) is 1.87. The molecule has 1 N–H and O–H groups in total. The van der Waals surface area contributed by atoms with Crippen LogP contribution in [0, 0.1) is 17.5 Å². The molecule has 1 aliphatic rings. The molecule has 1 aliphatic heterocycles. The van der Waals surface area contributed by atoms with E-state index in [1.807, 2.05) is 0 Å². The molecule has 0 saturated carbocycles. The monoisotopic (exact) mass is 337 g/mol. The third-order valence-electron chi connectivity index (χ3n) is 3.53. The van der Waals surface area contributed by atoms with Crippen molar-refractivity contribution in [2.75, 3.05) is 6.54 Å². The minimum Gasteiger partial charge on any atom is -0.480 e. The van der Waals surface area contributed by atoms with Gasteiger partial charge in [-0.15, -0.1) is 0 Å².